The predicted molar refractivity (Wildman–Crippen MR) is 61.4 cm³/mol. The second-order valence-electron chi connectivity index (χ2n) is 3.93. The molecule has 1 aliphatic heterocycles. The zero-order chi connectivity index (χ0) is 10.7. The van der Waals surface area contributed by atoms with Crippen LogP contribution in [-0.2, 0) is 6.54 Å². The summed E-state index contributed by atoms with van der Waals surface area (Å²) < 4.78 is 5.16. The van der Waals surface area contributed by atoms with E-state index >= 15 is 0 Å². The van der Waals surface area contributed by atoms with Crippen molar-refractivity contribution in [3.63, 3.8) is 0 Å². The fraction of sp³-hybridized carbons (Fsp3) is 0.636. The molecule has 1 aromatic rings. The van der Waals surface area contributed by atoms with Crippen molar-refractivity contribution in [3.05, 3.63) is 17.0 Å². The number of hydrogen-bond donors (Lipinski definition) is 1. The third-order valence-electron chi connectivity index (χ3n) is 2.77. The number of likely N-dealkylation sites (tertiary alicyclic amines) is 1. The smallest absolute Gasteiger partial charge is 0.173 e. The molecule has 0 aliphatic carbocycles. The molecule has 0 spiro atoms. The Morgan fingerprint density at radius 3 is 2.80 bits per heavy atom. The van der Waals surface area contributed by atoms with Gasteiger partial charge in [-0.1, -0.05) is 0 Å². The number of aliphatic hydroxyl groups excluding tert-OH is 1. The number of piperidine rings is 1. The zero-order valence-electron chi connectivity index (χ0n) is 8.98. The Balaban J connectivity index is 1.86. The van der Waals surface area contributed by atoms with E-state index in [9.17, 15) is 5.11 Å². The lowest BCUT2D eigenvalue weighted by Gasteiger charge is -2.28. The molecule has 3 nitrogen and oxygen atoms in total. The first-order chi connectivity index (χ1) is 7.28. The van der Waals surface area contributed by atoms with E-state index in [2.05, 4.69) is 11.0 Å². The highest BCUT2D eigenvalue weighted by Crippen LogP contribution is 2.25. The normalized spacial score (nSPS) is 19.3. The van der Waals surface area contributed by atoms with Gasteiger partial charge in [-0.3, -0.25) is 4.90 Å². The lowest BCUT2D eigenvalue weighted by Crippen LogP contribution is -2.35. The van der Waals surface area contributed by atoms with Gasteiger partial charge >= 0.3 is 0 Å². The highest BCUT2D eigenvalue weighted by atomic mass is 32.1. The second kappa shape index (κ2) is 4.96. The third-order valence-corrected chi connectivity index (χ3v) is 3.81. The van der Waals surface area contributed by atoms with Gasteiger partial charge in [0.2, 0.25) is 0 Å². The van der Waals surface area contributed by atoms with Crippen LogP contribution in [0, 0.1) is 0 Å². The van der Waals surface area contributed by atoms with E-state index < -0.39 is 0 Å². The molecule has 2 rings (SSSR count). The first-order valence-corrected chi connectivity index (χ1v) is 6.12. The van der Waals surface area contributed by atoms with Crippen molar-refractivity contribution in [2.75, 3.05) is 20.2 Å². The number of nitrogens with zero attached hydrogens (tertiary/aromatic N) is 1. The number of ether oxygens (including phenoxy) is 1. The number of thiophene rings is 1. The van der Waals surface area contributed by atoms with Crippen LogP contribution in [0.25, 0.3) is 0 Å². The van der Waals surface area contributed by atoms with Gasteiger partial charge in [-0.25, -0.2) is 0 Å². The van der Waals surface area contributed by atoms with Crippen LogP contribution in [-0.4, -0.2) is 36.3 Å². The van der Waals surface area contributed by atoms with Crippen molar-refractivity contribution < 1.29 is 9.84 Å². The molecule has 1 aromatic heterocycles. The van der Waals surface area contributed by atoms with Crippen LogP contribution >= 0.6 is 11.3 Å². The van der Waals surface area contributed by atoms with Crippen molar-refractivity contribution in [2.24, 2.45) is 0 Å². The highest BCUT2D eigenvalue weighted by molar-refractivity contribution is 7.13. The maximum Gasteiger partial charge on any atom is 0.173 e. The van der Waals surface area contributed by atoms with E-state index in [1.54, 1.807) is 18.4 Å². The predicted octanol–water partition coefficient (Wildman–Crippen LogP) is 1.71. The molecule has 0 aromatic carbocycles. The molecule has 1 N–H and O–H groups in total. The van der Waals surface area contributed by atoms with Gasteiger partial charge < -0.3 is 9.84 Å². The molecule has 0 unspecified atom stereocenters. The molecule has 0 atom stereocenters. The van der Waals surface area contributed by atoms with E-state index in [0.29, 0.717) is 0 Å². The maximum atomic E-state index is 9.39. The molecule has 84 valence electrons. The van der Waals surface area contributed by atoms with Crippen molar-refractivity contribution in [1.29, 1.82) is 0 Å². The van der Waals surface area contributed by atoms with Crippen molar-refractivity contribution in [1.82, 2.24) is 4.90 Å². The van der Waals surface area contributed by atoms with Crippen molar-refractivity contribution in [2.45, 2.75) is 25.5 Å². The minimum atomic E-state index is -0.0841. The summed E-state index contributed by atoms with van der Waals surface area (Å²) in [6.07, 6.45) is 1.73. The van der Waals surface area contributed by atoms with E-state index in [1.807, 2.05) is 6.07 Å². The fourth-order valence-corrected chi connectivity index (χ4v) is 2.71. The summed E-state index contributed by atoms with van der Waals surface area (Å²) in [5, 5.41) is 10.4. The molecule has 2 heterocycles. The van der Waals surface area contributed by atoms with Crippen LogP contribution < -0.4 is 4.74 Å². The molecule has 0 saturated carbocycles. The number of methoxy groups -OCH3 is 1. The van der Waals surface area contributed by atoms with Gasteiger partial charge in [-0.2, -0.15) is 0 Å². The van der Waals surface area contributed by atoms with Gasteiger partial charge in [0.1, 0.15) is 0 Å². The molecule has 1 fully saturated rings. The largest absolute Gasteiger partial charge is 0.487 e. The number of rotatable bonds is 3. The Kier molecular flexibility index (Phi) is 3.61. The van der Waals surface area contributed by atoms with Crippen LogP contribution in [0.5, 0.6) is 5.06 Å². The van der Waals surface area contributed by atoms with E-state index in [4.69, 9.17) is 4.74 Å². The van der Waals surface area contributed by atoms with Crippen LogP contribution in [0.1, 0.15) is 17.7 Å². The van der Waals surface area contributed by atoms with Crippen LogP contribution in [0.4, 0.5) is 0 Å². The molecule has 1 aliphatic rings. The summed E-state index contributed by atoms with van der Waals surface area (Å²) in [5.41, 5.74) is 0. The van der Waals surface area contributed by atoms with E-state index in [0.717, 1.165) is 37.5 Å². The SMILES string of the molecule is COc1ccc(CN2CCC(O)CC2)s1. The Labute approximate surface area is 94.3 Å². The van der Waals surface area contributed by atoms with Gasteiger partial charge in [-0.05, 0) is 25.0 Å². The van der Waals surface area contributed by atoms with E-state index in [1.165, 1.54) is 4.88 Å². The minimum absolute atomic E-state index is 0.0841. The monoisotopic (exact) mass is 227 g/mol. The quantitative estimate of drug-likeness (QED) is 0.853. The van der Waals surface area contributed by atoms with Crippen LogP contribution in [0.2, 0.25) is 0 Å². The van der Waals surface area contributed by atoms with Crippen molar-refractivity contribution in [3.8, 4) is 5.06 Å². The van der Waals surface area contributed by atoms with E-state index in [-0.39, 0.29) is 6.10 Å². The topological polar surface area (TPSA) is 32.7 Å². The molecule has 0 bridgehead atoms. The Hall–Kier alpha value is -0.580. The lowest BCUT2D eigenvalue weighted by atomic mass is 10.1. The Bertz CT molecular complexity index is 305. The average molecular weight is 227 g/mol. The molecular formula is C11H17NO2S. The number of aliphatic hydroxyl groups is 1. The Morgan fingerprint density at radius 2 is 2.20 bits per heavy atom. The zero-order valence-corrected chi connectivity index (χ0v) is 9.80. The summed E-state index contributed by atoms with van der Waals surface area (Å²) in [6.45, 7) is 2.99. The number of hydrogen-bond acceptors (Lipinski definition) is 4. The lowest BCUT2D eigenvalue weighted by molar-refractivity contribution is 0.0797. The van der Waals surface area contributed by atoms with Crippen LogP contribution in [0.15, 0.2) is 12.1 Å². The fourth-order valence-electron chi connectivity index (χ4n) is 1.85. The molecule has 0 radical (unpaired) electrons. The molecule has 4 heteroatoms. The van der Waals surface area contributed by atoms with Crippen molar-refractivity contribution >= 4 is 11.3 Å². The Morgan fingerprint density at radius 1 is 1.47 bits per heavy atom. The molecular weight excluding hydrogens is 210 g/mol. The maximum absolute atomic E-state index is 9.39. The standard InChI is InChI=1S/C11H17NO2S/c1-14-11-3-2-10(15-11)8-12-6-4-9(13)5-7-12/h2-3,9,13H,4-8H2,1H3. The first kappa shape index (κ1) is 10.9. The third kappa shape index (κ3) is 2.93. The summed E-state index contributed by atoms with van der Waals surface area (Å²) in [5.74, 6) is 0. The average Bonchev–Trinajstić information content (AvgIpc) is 2.69. The summed E-state index contributed by atoms with van der Waals surface area (Å²) in [6, 6.07) is 4.13. The minimum Gasteiger partial charge on any atom is -0.487 e. The summed E-state index contributed by atoms with van der Waals surface area (Å²) >= 11 is 1.70. The molecule has 1 saturated heterocycles. The summed E-state index contributed by atoms with van der Waals surface area (Å²) in [4.78, 5) is 3.72. The first-order valence-electron chi connectivity index (χ1n) is 5.31. The van der Waals surface area contributed by atoms with Gasteiger partial charge in [0.05, 0.1) is 13.2 Å². The van der Waals surface area contributed by atoms with Gasteiger partial charge in [0.25, 0.3) is 0 Å². The highest BCUT2D eigenvalue weighted by Gasteiger charge is 2.17. The molecule has 15 heavy (non-hydrogen) atoms. The van der Waals surface area contributed by atoms with Gasteiger partial charge in [-0.15, -0.1) is 11.3 Å². The van der Waals surface area contributed by atoms with Gasteiger partial charge in [0.15, 0.2) is 5.06 Å². The van der Waals surface area contributed by atoms with Gasteiger partial charge in [0, 0.05) is 24.5 Å². The second-order valence-corrected chi connectivity index (χ2v) is 5.06. The summed E-state index contributed by atoms with van der Waals surface area (Å²) in [7, 11) is 1.70. The molecule has 0 amide bonds. The van der Waals surface area contributed by atoms with Crippen LogP contribution in [0.3, 0.4) is 0 Å².